The monoisotopic (exact) mass is 239 g/mol. The SMILES string of the molecule is C=C(C)C=C(C)C[Si](C)(C)NC(=O)C(C)C. The summed E-state index contributed by atoms with van der Waals surface area (Å²) in [6.07, 6.45) is 2.09. The van der Waals surface area contributed by atoms with Crippen molar-refractivity contribution < 1.29 is 4.79 Å². The van der Waals surface area contributed by atoms with Gasteiger partial charge in [-0.3, -0.25) is 4.79 Å². The Bertz CT molecular complexity index is 303. The van der Waals surface area contributed by atoms with E-state index in [0.29, 0.717) is 0 Å². The van der Waals surface area contributed by atoms with Crippen molar-refractivity contribution in [2.75, 3.05) is 0 Å². The molecule has 0 unspecified atom stereocenters. The van der Waals surface area contributed by atoms with E-state index in [4.69, 9.17) is 0 Å². The Balaban J connectivity index is 4.46. The van der Waals surface area contributed by atoms with Gasteiger partial charge in [0.25, 0.3) is 0 Å². The first kappa shape index (κ1) is 15.2. The fourth-order valence-electron chi connectivity index (χ4n) is 1.69. The highest BCUT2D eigenvalue weighted by atomic mass is 28.3. The fourth-order valence-corrected chi connectivity index (χ4v) is 4.23. The highest BCUT2D eigenvalue weighted by Gasteiger charge is 2.24. The second-order valence-corrected chi connectivity index (χ2v) is 9.91. The molecule has 0 saturated carbocycles. The van der Waals surface area contributed by atoms with Crippen LogP contribution >= 0.6 is 0 Å². The van der Waals surface area contributed by atoms with Crippen LogP contribution < -0.4 is 4.98 Å². The quantitative estimate of drug-likeness (QED) is 0.577. The lowest BCUT2D eigenvalue weighted by Crippen LogP contribution is -2.49. The molecule has 0 atom stereocenters. The van der Waals surface area contributed by atoms with E-state index < -0.39 is 8.24 Å². The van der Waals surface area contributed by atoms with Crippen LogP contribution in [0.5, 0.6) is 0 Å². The van der Waals surface area contributed by atoms with Crippen LogP contribution in [0.2, 0.25) is 19.1 Å². The van der Waals surface area contributed by atoms with Crippen molar-refractivity contribution in [2.24, 2.45) is 5.92 Å². The average Bonchev–Trinajstić information content (AvgIpc) is 1.98. The molecule has 1 amide bonds. The first-order valence-corrected chi connectivity index (χ1v) is 8.99. The van der Waals surface area contributed by atoms with E-state index in [0.717, 1.165) is 11.6 Å². The average molecular weight is 239 g/mol. The number of carbonyl (C=O) groups is 1. The molecule has 92 valence electrons. The van der Waals surface area contributed by atoms with Gasteiger partial charge in [-0.05, 0) is 19.9 Å². The highest BCUT2D eigenvalue weighted by molar-refractivity contribution is 6.77. The van der Waals surface area contributed by atoms with Gasteiger partial charge in [0.15, 0.2) is 8.24 Å². The molecule has 0 aliphatic carbocycles. The maximum atomic E-state index is 11.6. The molecule has 0 radical (unpaired) electrons. The number of hydrogen-bond donors (Lipinski definition) is 1. The van der Waals surface area contributed by atoms with Crippen LogP contribution in [0.4, 0.5) is 0 Å². The van der Waals surface area contributed by atoms with Gasteiger partial charge in [-0.15, -0.1) is 0 Å². The van der Waals surface area contributed by atoms with Gasteiger partial charge in [-0.1, -0.05) is 50.7 Å². The van der Waals surface area contributed by atoms with Gasteiger partial charge in [0.1, 0.15) is 0 Å². The topological polar surface area (TPSA) is 29.1 Å². The zero-order chi connectivity index (χ0) is 12.9. The Morgan fingerprint density at radius 1 is 1.38 bits per heavy atom. The summed E-state index contributed by atoms with van der Waals surface area (Å²) >= 11 is 0. The molecule has 0 aliphatic heterocycles. The minimum Gasteiger partial charge on any atom is -0.382 e. The molecule has 0 rings (SSSR count). The Hall–Kier alpha value is -0.833. The number of carbonyl (C=O) groups excluding carboxylic acids is 1. The van der Waals surface area contributed by atoms with E-state index in [1.165, 1.54) is 5.57 Å². The molecule has 0 heterocycles. The molecule has 0 aromatic rings. The minimum atomic E-state index is -1.67. The standard InChI is InChI=1S/C13H25NOSi/c1-10(2)8-12(5)9-16(6,7)14-13(15)11(3)4/h8,11H,1,9H2,2-7H3,(H,14,15). The molecule has 2 nitrogen and oxygen atoms in total. The summed E-state index contributed by atoms with van der Waals surface area (Å²) in [5.74, 6) is 0.233. The first-order chi connectivity index (χ1) is 7.14. The lowest BCUT2D eigenvalue weighted by molar-refractivity contribution is -0.122. The maximum Gasteiger partial charge on any atom is 0.214 e. The van der Waals surface area contributed by atoms with Crippen molar-refractivity contribution in [1.82, 2.24) is 4.98 Å². The van der Waals surface area contributed by atoms with E-state index in [2.05, 4.69) is 37.7 Å². The largest absolute Gasteiger partial charge is 0.382 e. The van der Waals surface area contributed by atoms with E-state index in [1.807, 2.05) is 20.8 Å². The first-order valence-electron chi connectivity index (χ1n) is 5.79. The van der Waals surface area contributed by atoms with Crippen molar-refractivity contribution in [3.8, 4) is 0 Å². The Morgan fingerprint density at radius 2 is 1.88 bits per heavy atom. The van der Waals surface area contributed by atoms with Crippen LogP contribution in [0.1, 0.15) is 27.7 Å². The predicted octanol–water partition coefficient (Wildman–Crippen LogP) is 3.49. The van der Waals surface area contributed by atoms with Gasteiger partial charge in [-0.2, -0.15) is 0 Å². The molecular formula is C13H25NOSi. The summed E-state index contributed by atoms with van der Waals surface area (Å²) < 4.78 is 0. The number of nitrogens with one attached hydrogen (secondary N) is 1. The van der Waals surface area contributed by atoms with E-state index in [9.17, 15) is 4.79 Å². The second kappa shape index (κ2) is 6.04. The molecule has 0 aliphatic rings. The summed E-state index contributed by atoms with van der Waals surface area (Å²) in [6.45, 7) is 16.2. The van der Waals surface area contributed by atoms with Crippen LogP contribution in [0, 0.1) is 5.92 Å². The number of rotatable bonds is 5. The molecule has 16 heavy (non-hydrogen) atoms. The van der Waals surface area contributed by atoms with Gasteiger partial charge >= 0.3 is 0 Å². The van der Waals surface area contributed by atoms with Gasteiger partial charge in [0.2, 0.25) is 5.91 Å². The molecule has 0 saturated heterocycles. The number of allylic oxidation sites excluding steroid dienone is 3. The third kappa shape index (κ3) is 6.61. The fraction of sp³-hybridized carbons (Fsp3) is 0.615. The van der Waals surface area contributed by atoms with Crippen molar-refractivity contribution in [1.29, 1.82) is 0 Å². The van der Waals surface area contributed by atoms with Crippen molar-refractivity contribution in [3.63, 3.8) is 0 Å². The predicted molar refractivity (Wildman–Crippen MR) is 73.8 cm³/mol. The molecule has 0 aromatic heterocycles. The van der Waals surface area contributed by atoms with E-state index >= 15 is 0 Å². The zero-order valence-corrected chi connectivity index (χ0v) is 12.5. The molecule has 0 aromatic carbocycles. The van der Waals surface area contributed by atoms with Crippen molar-refractivity contribution in [3.05, 3.63) is 23.8 Å². The molecule has 0 spiro atoms. The van der Waals surface area contributed by atoms with Gasteiger partial charge in [0, 0.05) is 5.92 Å². The Morgan fingerprint density at radius 3 is 2.25 bits per heavy atom. The van der Waals surface area contributed by atoms with Gasteiger partial charge in [-0.25, -0.2) is 0 Å². The summed E-state index contributed by atoms with van der Waals surface area (Å²) in [7, 11) is -1.67. The lowest BCUT2D eigenvalue weighted by atomic mass is 10.2. The molecule has 0 fully saturated rings. The minimum absolute atomic E-state index is 0.0669. The lowest BCUT2D eigenvalue weighted by Gasteiger charge is -2.25. The normalized spacial score (nSPS) is 12.8. The van der Waals surface area contributed by atoms with Gasteiger partial charge in [0.05, 0.1) is 0 Å². The second-order valence-electron chi connectivity index (χ2n) is 5.54. The number of amides is 1. The number of hydrogen-bond acceptors (Lipinski definition) is 1. The van der Waals surface area contributed by atoms with E-state index in [1.54, 1.807) is 0 Å². The van der Waals surface area contributed by atoms with Crippen LogP contribution in [0.3, 0.4) is 0 Å². The molecule has 0 bridgehead atoms. The molecule has 3 heteroatoms. The third-order valence-electron chi connectivity index (χ3n) is 2.20. The van der Waals surface area contributed by atoms with Crippen molar-refractivity contribution >= 4 is 14.1 Å². The molecular weight excluding hydrogens is 214 g/mol. The summed E-state index contributed by atoms with van der Waals surface area (Å²) in [6, 6.07) is 0.984. The van der Waals surface area contributed by atoms with Crippen molar-refractivity contribution in [2.45, 2.75) is 46.8 Å². The van der Waals surface area contributed by atoms with E-state index in [-0.39, 0.29) is 11.8 Å². The van der Waals surface area contributed by atoms with Crippen LogP contribution in [-0.4, -0.2) is 14.1 Å². The van der Waals surface area contributed by atoms with Crippen LogP contribution in [0.15, 0.2) is 23.8 Å². The summed E-state index contributed by atoms with van der Waals surface area (Å²) in [5, 5.41) is 0. The third-order valence-corrected chi connectivity index (χ3v) is 4.56. The summed E-state index contributed by atoms with van der Waals surface area (Å²) in [4.78, 5) is 14.8. The highest BCUT2D eigenvalue weighted by Crippen LogP contribution is 2.15. The zero-order valence-electron chi connectivity index (χ0n) is 11.5. The van der Waals surface area contributed by atoms with Crippen LogP contribution in [0.25, 0.3) is 0 Å². The Labute approximate surface area is 101 Å². The molecule has 1 N–H and O–H groups in total. The smallest absolute Gasteiger partial charge is 0.214 e. The maximum absolute atomic E-state index is 11.6. The summed E-state index contributed by atoms with van der Waals surface area (Å²) in [5.41, 5.74) is 2.37. The van der Waals surface area contributed by atoms with Gasteiger partial charge < -0.3 is 4.98 Å². The Kier molecular flexibility index (Phi) is 5.72. The van der Waals surface area contributed by atoms with Crippen LogP contribution in [-0.2, 0) is 4.79 Å².